The van der Waals surface area contributed by atoms with E-state index in [1.807, 2.05) is 0 Å². The maximum atomic E-state index is 13.2. The zero-order valence-corrected chi connectivity index (χ0v) is 9.70. The fraction of sp³-hybridized carbons (Fsp3) is 0.417. The van der Waals surface area contributed by atoms with E-state index < -0.39 is 23.7 Å². The second kappa shape index (κ2) is 6.18. The first-order valence-electron chi connectivity index (χ1n) is 5.30. The zero-order valence-electron chi connectivity index (χ0n) is 9.70. The first kappa shape index (κ1) is 13.4. The molecule has 1 rings (SSSR count). The number of ether oxygens (including phenoxy) is 2. The van der Waals surface area contributed by atoms with Crippen LogP contribution >= 0.6 is 0 Å². The van der Waals surface area contributed by atoms with Crippen LogP contribution in [0.1, 0.15) is 20.3 Å². The number of benzene rings is 1. The van der Waals surface area contributed by atoms with Crippen LogP contribution in [0.15, 0.2) is 18.2 Å². The highest BCUT2D eigenvalue weighted by Gasteiger charge is 2.15. The molecular weight excluding hydrogens is 230 g/mol. The highest BCUT2D eigenvalue weighted by atomic mass is 19.2. The molecule has 0 saturated heterocycles. The molecule has 0 aliphatic heterocycles. The van der Waals surface area contributed by atoms with Gasteiger partial charge in [0.05, 0.1) is 13.0 Å². The maximum Gasteiger partial charge on any atom is 0.309 e. The van der Waals surface area contributed by atoms with Gasteiger partial charge in [0.1, 0.15) is 6.10 Å². The number of hydrogen-bond donors (Lipinski definition) is 0. The van der Waals surface area contributed by atoms with Crippen molar-refractivity contribution in [3.05, 3.63) is 29.8 Å². The minimum absolute atomic E-state index is 0.0101. The average Bonchev–Trinajstić information content (AvgIpc) is 2.25. The number of rotatable bonds is 5. The molecule has 5 heteroatoms. The van der Waals surface area contributed by atoms with E-state index in [4.69, 9.17) is 9.47 Å². The molecule has 0 fully saturated rings. The molecule has 3 nitrogen and oxygen atoms in total. The van der Waals surface area contributed by atoms with Crippen molar-refractivity contribution in [3.8, 4) is 5.75 Å². The van der Waals surface area contributed by atoms with Crippen molar-refractivity contribution in [2.45, 2.75) is 26.4 Å². The molecule has 0 spiro atoms. The van der Waals surface area contributed by atoms with E-state index in [1.165, 1.54) is 12.1 Å². The molecule has 1 atom stereocenters. The second-order valence-corrected chi connectivity index (χ2v) is 3.49. The highest BCUT2D eigenvalue weighted by molar-refractivity contribution is 5.69. The summed E-state index contributed by atoms with van der Waals surface area (Å²) < 4.78 is 35.9. The Morgan fingerprint density at radius 2 is 2.12 bits per heavy atom. The maximum absolute atomic E-state index is 13.2. The van der Waals surface area contributed by atoms with Crippen LogP contribution in [0.3, 0.4) is 0 Å². The summed E-state index contributed by atoms with van der Waals surface area (Å²) in [5.41, 5.74) is 0. The van der Waals surface area contributed by atoms with Crippen molar-refractivity contribution in [3.63, 3.8) is 0 Å². The van der Waals surface area contributed by atoms with Crippen molar-refractivity contribution in [1.82, 2.24) is 0 Å². The summed E-state index contributed by atoms with van der Waals surface area (Å²) in [5.74, 6) is -2.67. The summed E-state index contributed by atoms with van der Waals surface area (Å²) in [7, 11) is 0. The molecule has 1 aromatic rings. The molecule has 0 radical (unpaired) electrons. The molecular formula is C12H14F2O3. The van der Waals surface area contributed by atoms with Gasteiger partial charge in [0.15, 0.2) is 11.6 Å². The van der Waals surface area contributed by atoms with Gasteiger partial charge in [-0.2, -0.15) is 4.39 Å². The smallest absolute Gasteiger partial charge is 0.309 e. The van der Waals surface area contributed by atoms with Gasteiger partial charge in [0.25, 0.3) is 0 Å². The Labute approximate surface area is 98.3 Å². The summed E-state index contributed by atoms with van der Waals surface area (Å²) in [4.78, 5) is 11.1. The third-order valence-corrected chi connectivity index (χ3v) is 2.00. The number of esters is 1. The number of hydrogen-bond acceptors (Lipinski definition) is 3. The lowest BCUT2D eigenvalue weighted by atomic mass is 10.2. The summed E-state index contributed by atoms with van der Waals surface area (Å²) in [6, 6.07) is 3.64. The molecule has 0 saturated carbocycles. The summed E-state index contributed by atoms with van der Waals surface area (Å²) in [6.07, 6.45) is -0.589. The Hall–Kier alpha value is -1.65. The van der Waals surface area contributed by atoms with Crippen molar-refractivity contribution in [2.75, 3.05) is 6.61 Å². The van der Waals surface area contributed by atoms with Gasteiger partial charge in [-0.25, -0.2) is 4.39 Å². The molecule has 0 N–H and O–H groups in total. The first-order chi connectivity index (χ1) is 8.04. The number of halogens is 2. The van der Waals surface area contributed by atoms with Crippen LogP contribution in [-0.2, 0) is 9.53 Å². The zero-order chi connectivity index (χ0) is 12.8. The minimum atomic E-state index is -1.05. The van der Waals surface area contributed by atoms with Crippen LogP contribution in [0.25, 0.3) is 0 Å². The van der Waals surface area contributed by atoms with Crippen molar-refractivity contribution in [2.24, 2.45) is 0 Å². The van der Waals surface area contributed by atoms with E-state index in [9.17, 15) is 13.6 Å². The Balaban J connectivity index is 2.59. The standard InChI is InChI=1S/C12H14F2O3/c1-3-16-11(15)7-8(2)17-10-6-4-5-9(13)12(10)14/h4-6,8H,3,7H2,1-2H3. The predicted octanol–water partition coefficient (Wildman–Crippen LogP) is 2.69. The molecule has 17 heavy (non-hydrogen) atoms. The van der Waals surface area contributed by atoms with Gasteiger partial charge in [-0.15, -0.1) is 0 Å². The van der Waals surface area contributed by atoms with E-state index >= 15 is 0 Å². The Morgan fingerprint density at radius 3 is 2.76 bits per heavy atom. The molecule has 0 aliphatic rings. The topological polar surface area (TPSA) is 35.5 Å². The lowest BCUT2D eigenvalue weighted by molar-refractivity contribution is -0.144. The first-order valence-corrected chi connectivity index (χ1v) is 5.30. The number of carbonyl (C=O) groups is 1. The van der Waals surface area contributed by atoms with Crippen molar-refractivity contribution >= 4 is 5.97 Å². The van der Waals surface area contributed by atoms with E-state index in [2.05, 4.69) is 0 Å². The molecule has 0 heterocycles. The van der Waals surface area contributed by atoms with Crippen molar-refractivity contribution in [1.29, 1.82) is 0 Å². The van der Waals surface area contributed by atoms with Gasteiger partial charge < -0.3 is 9.47 Å². The lowest BCUT2D eigenvalue weighted by Crippen LogP contribution is -2.19. The highest BCUT2D eigenvalue weighted by Crippen LogP contribution is 2.21. The molecule has 1 unspecified atom stereocenters. The summed E-state index contributed by atoms with van der Waals surface area (Å²) in [5, 5.41) is 0. The third-order valence-electron chi connectivity index (χ3n) is 2.00. The third kappa shape index (κ3) is 4.01. The van der Waals surface area contributed by atoms with E-state index in [-0.39, 0.29) is 18.8 Å². The van der Waals surface area contributed by atoms with Gasteiger partial charge in [0, 0.05) is 0 Å². The van der Waals surface area contributed by atoms with Crippen LogP contribution in [0, 0.1) is 11.6 Å². The monoisotopic (exact) mass is 244 g/mol. The lowest BCUT2D eigenvalue weighted by Gasteiger charge is -2.14. The van der Waals surface area contributed by atoms with Gasteiger partial charge in [-0.1, -0.05) is 6.07 Å². The summed E-state index contributed by atoms with van der Waals surface area (Å²) >= 11 is 0. The average molecular weight is 244 g/mol. The molecule has 94 valence electrons. The van der Waals surface area contributed by atoms with E-state index in [0.29, 0.717) is 0 Å². The largest absolute Gasteiger partial charge is 0.487 e. The van der Waals surface area contributed by atoms with Gasteiger partial charge in [0.2, 0.25) is 5.82 Å². The van der Waals surface area contributed by atoms with Gasteiger partial charge in [-0.05, 0) is 26.0 Å². The van der Waals surface area contributed by atoms with Crippen LogP contribution in [0.2, 0.25) is 0 Å². The van der Waals surface area contributed by atoms with Crippen LogP contribution in [-0.4, -0.2) is 18.7 Å². The molecule has 0 amide bonds. The van der Waals surface area contributed by atoms with Crippen LogP contribution < -0.4 is 4.74 Å². The van der Waals surface area contributed by atoms with Crippen LogP contribution in [0.4, 0.5) is 8.78 Å². The summed E-state index contributed by atoms with van der Waals surface area (Å²) in [6.45, 7) is 3.55. The second-order valence-electron chi connectivity index (χ2n) is 3.49. The Kier molecular flexibility index (Phi) is 4.87. The Bertz CT molecular complexity index is 393. The fourth-order valence-electron chi connectivity index (χ4n) is 1.29. The number of carbonyl (C=O) groups excluding carboxylic acids is 1. The van der Waals surface area contributed by atoms with Gasteiger partial charge >= 0.3 is 5.97 Å². The van der Waals surface area contributed by atoms with E-state index in [1.54, 1.807) is 13.8 Å². The Morgan fingerprint density at radius 1 is 1.41 bits per heavy atom. The van der Waals surface area contributed by atoms with Crippen molar-refractivity contribution < 1.29 is 23.0 Å². The minimum Gasteiger partial charge on any atom is -0.487 e. The van der Waals surface area contributed by atoms with E-state index in [0.717, 1.165) is 6.07 Å². The molecule has 0 bridgehead atoms. The van der Waals surface area contributed by atoms with Gasteiger partial charge in [-0.3, -0.25) is 4.79 Å². The quantitative estimate of drug-likeness (QED) is 0.747. The molecule has 0 aromatic heterocycles. The van der Waals surface area contributed by atoms with Crippen LogP contribution in [0.5, 0.6) is 5.75 Å². The fourth-order valence-corrected chi connectivity index (χ4v) is 1.29. The molecule has 0 aliphatic carbocycles. The normalized spacial score (nSPS) is 12.0. The SMILES string of the molecule is CCOC(=O)CC(C)Oc1cccc(F)c1F. The molecule has 1 aromatic carbocycles. The predicted molar refractivity (Wildman–Crippen MR) is 57.7 cm³/mol.